The first-order chi connectivity index (χ1) is 13.3. The van der Waals surface area contributed by atoms with Crippen LogP contribution in [0, 0.1) is 0 Å². The second kappa shape index (κ2) is 9.52. The number of amides is 1. The van der Waals surface area contributed by atoms with Gasteiger partial charge in [0.15, 0.2) is 0 Å². The lowest BCUT2D eigenvalue weighted by atomic mass is 9.77. The van der Waals surface area contributed by atoms with Gasteiger partial charge in [0.1, 0.15) is 5.60 Å². The Bertz CT molecular complexity index is 655. The van der Waals surface area contributed by atoms with Crippen molar-refractivity contribution in [1.29, 1.82) is 0 Å². The van der Waals surface area contributed by atoms with E-state index in [4.69, 9.17) is 14.0 Å². The Balaban J connectivity index is 0.00000204. The Hall–Kier alpha value is -1.53. The lowest BCUT2D eigenvalue weighted by molar-refractivity contribution is 0.00578. The molecule has 2 heterocycles. The summed E-state index contributed by atoms with van der Waals surface area (Å²) in [7, 11) is -0.488. The van der Waals surface area contributed by atoms with Gasteiger partial charge < -0.3 is 18.9 Å². The summed E-state index contributed by atoms with van der Waals surface area (Å²) >= 11 is 0. The van der Waals surface area contributed by atoms with E-state index < -0.39 is 23.9 Å². The molecule has 2 rings (SSSR count). The summed E-state index contributed by atoms with van der Waals surface area (Å²) < 4.78 is 17.7. The minimum atomic E-state index is -0.506. The zero-order chi connectivity index (χ0) is 22.6. The zero-order valence-electron chi connectivity index (χ0n) is 20.1. The van der Waals surface area contributed by atoms with Crippen LogP contribution in [0.4, 0.5) is 4.79 Å². The van der Waals surface area contributed by atoms with Gasteiger partial charge in [0.05, 0.1) is 11.2 Å². The van der Waals surface area contributed by atoms with E-state index in [1.807, 2.05) is 75.3 Å². The molecule has 0 bridgehead atoms. The molecule has 0 unspecified atom stereocenters. The number of ether oxygens (including phenoxy) is 1. The van der Waals surface area contributed by atoms with Crippen molar-refractivity contribution in [3.05, 3.63) is 35.3 Å². The third-order valence-electron chi connectivity index (χ3n) is 5.34. The number of allylic oxidation sites excluding steroid dienone is 3. The highest BCUT2D eigenvalue weighted by Crippen LogP contribution is 2.39. The molecule has 0 atom stereocenters. The van der Waals surface area contributed by atoms with Gasteiger partial charge in [-0.1, -0.05) is 32.6 Å². The molecule has 1 amide bonds. The maximum absolute atomic E-state index is 12.5. The van der Waals surface area contributed by atoms with Crippen molar-refractivity contribution in [1.82, 2.24) is 4.90 Å². The summed E-state index contributed by atoms with van der Waals surface area (Å²) in [6.45, 7) is 25.1. The van der Waals surface area contributed by atoms with Crippen molar-refractivity contribution in [3.8, 4) is 0 Å². The maximum Gasteiger partial charge on any atom is 0.494 e. The van der Waals surface area contributed by atoms with Crippen LogP contribution in [0.2, 0.25) is 0 Å². The van der Waals surface area contributed by atoms with Crippen molar-refractivity contribution in [3.63, 3.8) is 0 Å². The van der Waals surface area contributed by atoms with E-state index >= 15 is 0 Å². The Morgan fingerprint density at radius 2 is 1.66 bits per heavy atom. The molecule has 0 radical (unpaired) electrons. The topological polar surface area (TPSA) is 48.0 Å². The fraction of sp³-hybridized carbons (Fsp3) is 0.696. The number of likely N-dealkylation sites (tertiary alicyclic amines) is 1. The van der Waals surface area contributed by atoms with Gasteiger partial charge in [0.25, 0.3) is 0 Å². The molecule has 2 saturated heterocycles. The third kappa shape index (κ3) is 6.48. The molecule has 5 nitrogen and oxygen atoms in total. The predicted octanol–water partition coefficient (Wildman–Crippen LogP) is 5.71. The summed E-state index contributed by atoms with van der Waals surface area (Å²) in [5.41, 5.74) is 1.71. The molecule has 0 saturated carbocycles. The van der Waals surface area contributed by atoms with Crippen LogP contribution in [0.1, 0.15) is 75.7 Å². The average Bonchev–Trinajstić information content (AvgIpc) is 2.83. The number of hydrogen-bond acceptors (Lipinski definition) is 4. The van der Waals surface area contributed by atoms with Crippen molar-refractivity contribution in [2.24, 2.45) is 0 Å². The fourth-order valence-electron chi connectivity index (χ4n) is 3.04. The molecule has 0 aromatic rings. The lowest BCUT2D eigenvalue weighted by Gasteiger charge is -2.32. The molecule has 0 aliphatic carbocycles. The Kier molecular flexibility index (Phi) is 8.38. The molecule has 164 valence electrons. The van der Waals surface area contributed by atoms with Crippen LogP contribution in [0.5, 0.6) is 0 Å². The zero-order valence-corrected chi connectivity index (χ0v) is 20.1. The number of carbonyl (C=O) groups is 1. The van der Waals surface area contributed by atoms with E-state index in [-0.39, 0.29) is 6.09 Å². The minimum absolute atomic E-state index is 0.287. The number of carbonyl (C=O) groups excluding carboxylic acids is 1. The SMILES string of the molecule is C=C(/C=C1/CN(C(=O)OC(C)(C)C)CC/C1=C/C)B1OC(C)(C)C(C)(C)O1.CC. The van der Waals surface area contributed by atoms with Crippen molar-refractivity contribution in [2.45, 2.75) is 92.5 Å². The molecule has 2 aliphatic rings. The van der Waals surface area contributed by atoms with Crippen LogP contribution < -0.4 is 0 Å². The van der Waals surface area contributed by atoms with Crippen LogP contribution >= 0.6 is 0 Å². The van der Waals surface area contributed by atoms with E-state index in [1.165, 1.54) is 5.57 Å². The summed E-state index contributed by atoms with van der Waals surface area (Å²) in [6, 6.07) is 0. The van der Waals surface area contributed by atoms with Crippen LogP contribution in [-0.2, 0) is 14.0 Å². The molecule has 0 aromatic carbocycles. The number of rotatable bonds is 2. The smallest absolute Gasteiger partial charge is 0.444 e. The highest BCUT2D eigenvalue weighted by molar-refractivity contribution is 6.55. The van der Waals surface area contributed by atoms with Crippen LogP contribution in [-0.4, -0.2) is 48.0 Å². The molecule has 2 aliphatic heterocycles. The Labute approximate surface area is 178 Å². The molecular weight excluding hydrogens is 365 g/mol. The fourth-order valence-corrected chi connectivity index (χ4v) is 3.04. The largest absolute Gasteiger partial charge is 0.494 e. The summed E-state index contributed by atoms with van der Waals surface area (Å²) in [4.78, 5) is 14.2. The maximum atomic E-state index is 12.5. The quantitative estimate of drug-likeness (QED) is 0.552. The molecular formula is C23H40BNO4. The number of hydrogen-bond donors (Lipinski definition) is 0. The standard InChI is InChI=1S/C21H34BNO4.C2H6/c1-10-16-11-12-23(18(24)25-19(3,4)5)14-17(16)13-15(2)22-26-20(6,7)21(8,9)27-22;1-2/h10,13H,2,11-12,14H2,1,3-9H3;1-2H3/b16-10-,17-13-;. The first-order valence-corrected chi connectivity index (χ1v) is 10.6. The third-order valence-corrected chi connectivity index (χ3v) is 5.34. The second-order valence-corrected chi connectivity index (χ2v) is 9.30. The van der Waals surface area contributed by atoms with E-state index in [1.54, 1.807) is 4.90 Å². The second-order valence-electron chi connectivity index (χ2n) is 9.30. The average molecular weight is 405 g/mol. The van der Waals surface area contributed by atoms with Gasteiger partial charge in [-0.2, -0.15) is 0 Å². The van der Waals surface area contributed by atoms with E-state index in [2.05, 4.69) is 12.7 Å². The van der Waals surface area contributed by atoms with Gasteiger partial charge in [-0.15, -0.1) is 0 Å². The van der Waals surface area contributed by atoms with Gasteiger partial charge in [0.2, 0.25) is 0 Å². The number of piperidine rings is 1. The molecule has 0 aromatic heterocycles. The van der Waals surface area contributed by atoms with Crippen LogP contribution in [0.15, 0.2) is 35.3 Å². The molecule has 0 spiro atoms. The van der Waals surface area contributed by atoms with E-state index in [0.29, 0.717) is 13.1 Å². The first kappa shape index (κ1) is 25.5. The summed E-state index contributed by atoms with van der Waals surface area (Å²) in [5, 5.41) is 0. The van der Waals surface area contributed by atoms with Gasteiger partial charge in [0, 0.05) is 13.1 Å². The van der Waals surface area contributed by atoms with Gasteiger partial charge in [-0.3, -0.25) is 0 Å². The molecule has 6 heteroatoms. The summed E-state index contributed by atoms with van der Waals surface area (Å²) in [6.07, 6.45) is 4.59. The first-order valence-electron chi connectivity index (χ1n) is 10.6. The normalized spacial score (nSPS) is 23.7. The Morgan fingerprint density at radius 3 is 2.10 bits per heavy atom. The minimum Gasteiger partial charge on any atom is -0.444 e. The molecule has 2 fully saturated rings. The van der Waals surface area contributed by atoms with E-state index in [9.17, 15) is 4.79 Å². The van der Waals surface area contributed by atoms with Crippen LogP contribution in [0.25, 0.3) is 0 Å². The molecule has 0 N–H and O–H groups in total. The van der Waals surface area contributed by atoms with Gasteiger partial charge in [-0.25, -0.2) is 4.79 Å². The summed E-state index contributed by atoms with van der Waals surface area (Å²) in [5.74, 6) is 0. The highest BCUT2D eigenvalue weighted by Gasteiger charge is 2.51. The predicted molar refractivity (Wildman–Crippen MR) is 121 cm³/mol. The van der Waals surface area contributed by atoms with Gasteiger partial charge >= 0.3 is 13.2 Å². The van der Waals surface area contributed by atoms with Crippen molar-refractivity contribution in [2.75, 3.05) is 13.1 Å². The number of nitrogens with zero attached hydrogens (tertiary/aromatic N) is 1. The van der Waals surface area contributed by atoms with Crippen molar-refractivity contribution >= 4 is 13.2 Å². The van der Waals surface area contributed by atoms with Crippen LogP contribution in [0.3, 0.4) is 0 Å². The van der Waals surface area contributed by atoms with E-state index in [0.717, 1.165) is 17.5 Å². The van der Waals surface area contributed by atoms with Crippen molar-refractivity contribution < 1.29 is 18.8 Å². The lowest BCUT2D eigenvalue weighted by Crippen LogP contribution is -2.41. The highest BCUT2D eigenvalue weighted by atomic mass is 16.7. The monoisotopic (exact) mass is 405 g/mol. The molecule has 29 heavy (non-hydrogen) atoms. The Morgan fingerprint density at radius 1 is 1.14 bits per heavy atom. The van der Waals surface area contributed by atoms with Gasteiger partial charge in [-0.05, 0) is 78.4 Å².